The molecule has 0 amide bonds. The molecule has 4 rings (SSSR count). The summed E-state index contributed by atoms with van der Waals surface area (Å²) in [6.45, 7) is 10.4. The Morgan fingerprint density at radius 3 is 2.57 bits per heavy atom. The number of allylic oxidation sites excluding steroid dienone is 1. The number of carbonyl (C=O) groups is 1. The lowest BCUT2D eigenvalue weighted by Gasteiger charge is -2.29. The molecule has 10 heteroatoms. The molecular formula is C27H31BrN4O4S. The maximum absolute atomic E-state index is 13.3. The van der Waals surface area contributed by atoms with E-state index in [4.69, 9.17) is 19.3 Å². The van der Waals surface area contributed by atoms with Crippen molar-refractivity contribution in [2.24, 2.45) is 0 Å². The molecule has 0 aliphatic carbocycles. The SMILES string of the molecule is CCOc1cc(C2C(C(=O)OC(C)C)=C(C)Nc3nc(SCC)nn32)ccc1OCc1ccc(Br)cc1. The molecule has 1 atom stereocenters. The van der Waals surface area contributed by atoms with E-state index in [9.17, 15) is 4.79 Å². The van der Waals surface area contributed by atoms with Crippen molar-refractivity contribution in [3.8, 4) is 11.5 Å². The van der Waals surface area contributed by atoms with E-state index in [1.165, 1.54) is 0 Å². The summed E-state index contributed by atoms with van der Waals surface area (Å²) in [5.74, 6) is 2.23. The highest BCUT2D eigenvalue weighted by molar-refractivity contribution is 9.10. The second kappa shape index (κ2) is 12.0. The number of esters is 1. The Balaban J connectivity index is 1.73. The number of thioether (sulfide) groups is 1. The number of carbonyl (C=O) groups excluding carboxylic acids is 1. The lowest BCUT2D eigenvalue weighted by Crippen LogP contribution is -2.30. The molecule has 196 valence electrons. The van der Waals surface area contributed by atoms with Crippen LogP contribution in [0.4, 0.5) is 5.95 Å². The molecular weight excluding hydrogens is 556 g/mol. The van der Waals surface area contributed by atoms with Crippen molar-refractivity contribution >= 4 is 39.6 Å². The first kappa shape index (κ1) is 27.1. The van der Waals surface area contributed by atoms with Gasteiger partial charge in [-0.15, -0.1) is 5.10 Å². The molecule has 0 radical (unpaired) electrons. The second-order valence-electron chi connectivity index (χ2n) is 8.67. The molecule has 3 aromatic rings. The smallest absolute Gasteiger partial charge is 0.338 e. The molecule has 0 bridgehead atoms. The van der Waals surface area contributed by atoms with Gasteiger partial charge in [0.05, 0.1) is 18.3 Å². The third-order valence-electron chi connectivity index (χ3n) is 5.56. The van der Waals surface area contributed by atoms with Crippen LogP contribution in [-0.2, 0) is 16.1 Å². The fraction of sp³-hybridized carbons (Fsp3) is 0.370. The van der Waals surface area contributed by atoms with Gasteiger partial charge >= 0.3 is 5.97 Å². The minimum absolute atomic E-state index is 0.259. The molecule has 1 unspecified atom stereocenters. The summed E-state index contributed by atoms with van der Waals surface area (Å²) in [6, 6.07) is 13.2. The first-order valence-electron chi connectivity index (χ1n) is 12.2. The van der Waals surface area contributed by atoms with Gasteiger partial charge in [-0.1, -0.05) is 52.8 Å². The van der Waals surface area contributed by atoms with Crippen LogP contribution in [0.25, 0.3) is 0 Å². The summed E-state index contributed by atoms with van der Waals surface area (Å²) < 4.78 is 20.5. The van der Waals surface area contributed by atoms with Crippen LogP contribution in [-0.4, -0.2) is 39.2 Å². The average Bonchev–Trinajstić information content (AvgIpc) is 3.25. The third-order valence-corrected chi connectivity index (χ3v) is 6.81. The Kier molecular flexibility index (Phi) is 8.81. The fourth-order valence-electron chi connectivity index (χ4n) is 4.00. The average molecular weight is 588 g/mol. The topological polar surface area (TPSA) is 87.5 Å². The van der Waals surface area contributed by atoms with E-state index < -0.39 is 12.0 Å². The Bertz CT molecular complexity index is 1290. The Labute approximate surface area is 229 Å². The van der Waals surface area contributed by atoms with Crippen molar-refractivity contribution in [1.82, 2.24) is 14.8 Å². The highest BCUT2D eigenvalue weighted by atomic mass is 79.9. The van der Waals surface area contributed by atoms with Crippen LogP contribution >= 0.6 is 27.7 Å². The van der Waals surface area contributed by atoms with E-state index >= 15 is 0 Å². The van der Waals surface area contributed by atoms with Crippen LogP contribution in [0.15, 0.2) is 63.4 Å². The summed E-state index contributed by atoms with van der Waals surface area (Å²) in [7, 11) is 0. The van der Waals surface area contributed by atoms with Crippen molar-refractivity contribution < 1.29 is 19.0 Å². The van der Waals surface area contributed by atoms with Gasteiger partial charge in [-0.05, 0) is 68.8 Å². The van der Waals surface area contributed by atoms with Crippen molar-refractivity contribution in [2.45, 2.75) is 58.5 Å². The van der Waals surface area contributed by atoms with E-state index in [-0.39, 0.29) is 6.10 Å². The summed E-state index contributed by atoms with van der Waals surface area (Å²) in [5, 5.41) is 8.59. The molecule has 1 aliphatic heterocycles. The largest absolute Gasteiger partial charge is 0.490 e. The van der Waals surface area contributed by atoms with E-state index in [0.29, 0.717) is 47.1 Å². The number of aromatic nitrogens is 3. The maximum Gasteiger partial charge on any atom is 0.338 e. The van der Waals surface area contributed by atoms with Gasteiger partial charge in [0.15, 0.2) is 11.5 Å². The molecule has 1 N–H and O–H groups in total. The molecule has 2 aromatic carbocycles. The molecule has 2 heterocycles. The quantitative estimate of drug-likeness (QED) is 0.216. The van der Waals surface area contributed by atoms with Gasteiger partial charge in [-0.2, -0.15) is 4.98 Å². The summed E-state index contributed by atoms with van der Waals surface area (Å²) >= 11 is 5.00. The molecule has 37 heavy (non-hydrogen) atoms. The molecule has 0 spiro atoms. The Morgan fingerprint density at radius 2 is 1.89 bits per heavy atom. The van der Waals surface area contributed by atoms with Gasteiger partial charge in [0.2, 0.25) is 11.1 Å². The maximum atomic E-state index is 13.3. The normalized spacial score (nSPS) is 14.8. The summed E-state index contributed by atoms with van der Waals surface area (Å²) in [5.41, 5.74) is 3.01. The van der Waals surface area contributed by atoms with Crippen molar-refractivity contribution in [1.29, 1.82) is 0 Å². The fourth-order valence-corrected chi connectivity index (χ4v) is 4.81. The van der Waals surface area contributed by atoms with Crippen LogP contribution < -0.4 is 14.8 Å². The van der Waals surface area contributed by atoms with E-state index in [2.05, 4.69) is 26.2 Å². The zero-order valence-corrected chi connectivity index (χ0v) is 24.0. The lowest BCUT2D eigenvalue weighted by molar-refractivity contribution is -0.143. The number of anilines is 1. The number of nitrogens with zero attached hydrogens (tertiary/aromatic N) is 3. The van der Waals surface area contributed by atoms with Crippen molar-refractivity contribution in [3.63, 3.8) is 0 Å². The minimum Gasteiger partial charge on any atom is -0.490 e. The minimum atomic E-state index is -0.541. The van der Waals surface area contributed by atoms with Crippen LogP contribution in [0.1, 0.15) is 51.8 Å². The molecule has 0 fully saturated rings. The number of fused-ring (bicyclic) bond motifs is 1. The van der Waals surface area contributed by atoms with Gasteiger partial charge in [-0.3, -0.25) is 0 Å². The van der Waals surface area contributed by atoms with Crippen molar-refractivity contribution in [3.05, 3.63) is 69.3 Å². The first-order chi connectivity index (χ1) is 17.8. The number of hydrogen-bond acceptors (Lipinski definition) is 8. The van der Waals surface area contributed by atoms with Crippen LogP contribution in [0.5, 0.6) is 11.5 Å². The van der Waals surface area contributed by atoms with E-state index in [1.54, 1.807) is 16.4 Å². The number of halogens is 1. The Morgan fingerprint density at radius 1 is 1.14 bits per heavy atom. The van der Waals surface area contributed by atoms with Gasteiger partial charge in [0.25, 0.3) is 0 Å². The highest BCUT2D eigenvalue weighted by Crippen LogP contribution is 2.40. The predicted molar refractivity (Wildman–Crippen MR) is 148 cm³/mol. The molecule has 1 aromatic heterocycles. The molecule has 0 saturated carbocycles. The number of benzene rings is 2. The number of hydrogen-bond donors (Lipinski definition) is 1. The van der Waals surface area contributed by atoms with Gasteiger partial charge in [0, 0.05) is 10.2 Å². The number of nitrogens with one attached hydrogen (secondary N) is 1. The first-order valence-corrected chi connectivity index (χ1v) is 14.0. The standard InChI is InChI=1S/C27H31BrN4O4S/c1-6-34-22-14-19(10-13-21(22)35-15-18-8-11-20(28)12-9-18)24-23(25(33)36-16(3)4)17(5)29-26-30-27(37-7-2)31-32(24)26/h8-14,16,24H,6-7,15H2,1-5H3,(H,29,30,31). The monoisotopic (exact) mass is 586 g/mol. The zero-order chi connectivity index (χ0) is 26.5. The summed E-state index contributed by atoms with van der Waals surface area (Å²) in [4.78, 5) is 17.9. The zero-order valence-electron chi connectivity index (χ0n) is 21.6. The van der Waals surface area contributed by atoms with Crippen molar-refractivity contribution in [2.75, 3.05) is 17.7 Å². The van der Waals surface area contributed by atoms with Gasteiger partial charge in [-0.25, -0.2) is 9.48 Å². The molecule has 0 saturated heterocycles. The summed E-state index contributed by atoms with van der Waals surface area (Å²) in [6.07, 6.45) is -0.259. The van der Waals surface area contributed by atoms with E-state index in [1.807, 2.05) is 77.1 Å². The van der Waals surface area contributed by atoms with Gasteiger partial charge < -0.3 is 19.5 Å². The predicted octanol–water partition coefficient (Wildman–Crippen LogP) is 6.37. The van der Waals surface area contributed by atoms with Crippen LogP contribution in [0, 0.1) is 0 Å². The van der Waals surface area contributed by atoms with E-state index in [0.717, 1.165) is 21.4 Å². The second-order valence-corrected chi connectivity index (χ2v) is 10.8. The molecule has 1 aliphatic rings. The number of rotatable bonds is 10. The van der Waals surface area contributed by atoms with Crippen LogP contribution in [0.2, 0.25) is 0 Å². The Hall–Kier alpha value is -2.98. The van der Waals surface area contributed by atoms with Crippen LogP contribution in [0.3, 0.4) is 0 Å². The molecule has 8 nitrogen and oxygen atoms in total. The lowest BCUT2D eigenvalue weighted by atomic mass is 9.95. The third kappa shape index (κ3) is 6.30. The van der Waals surface area contributed by atoms with Gasteiger partial charge in [0.1, 0.15) is 12.6 Å². The number of ether oxygens (including phenoxy) is 3. The highest BCUT2D eigenvalue weighted by Gasteiger charge is 2.36.